The summed E-state index contributed by atoms with van der Waals surface area (Å²) < 4.78 is 27.8. The van der Waals surface area contributed by atoms with Crippen LogP contribution in [0.15, 0.2) is 23.8 Å². The smallest absolute Gasteiger partial charge is 0.407 e. The van der Waals surface area contributed by atoms with Crippen molar-refractivity contribution in [3.63, 3.8) is 0 Å². The zero-order valence-corrected chi connectivity index (χ0v) is 30.1. The molecule has 282 valence electrons. The highest BCUT2D eigenvalue weighted by Crippen LogP contribution is 2.70. The number of alkyl carbamates (subject to hydrolysis) is 2. The minimum absolute atomic E-state index is 0.141. The van der Waals surface area contributed by atoms with Gasteiger partial charge in [0.2, 0.25) is 5.78 Å². The van der Waals surface area contributed by atoms with E-state index in [0.29, 0.717) is 63.9 Å². The Kier molecular flexibility index (Phi) is 13.6. The van der Waals surface area contributed by atoms with E-state index in [1.807, 2.05) is 0 Å². The van der Waals surface area contributed by atoms with Crippen molar-refractivity contribution in [3.05, 3.63) is 23.8 Å². The third-order valence-corrected chi connectivity index (χ3v) is 12.2. The molecule has 50 heavy (non-hydrogen) atoms. The van der Waals surface area contributed by atoms with Crippen LogP contribution in [0.1, 0.15) is 91.4 Å². The van der Waals surface area contributed by atoms with Crippen LogP contribution in [0.3, 0.4) is 0 Å². The monoisotopic (exact) mass is 706 g/mol. The molecule has 0 heterocycles. The number of aliphatic hydroxyl groups is 2. The second kappa shape index (κ2) is 17.1. The van der Waals surface area contributed by atoms with E-state index in [4.69, 9.17) is 15.2 Å². The maximum absolute atomic E-state index is 17.3. The van der Waals surface area contributed by atoms with Crippen LogP contribution < -0.4 is 21.7 Å². The van der Waals surface area contributed by atoms with Crippen LogP contribution in [0.5, 0.6) is 0 Å². The van der Waals surface area contributed by atoms with Gasteiger partial charge in [-0.15, -0.1) is 0 Å². The number of nitrogens with one attached hydrogen (secondary N) is 3. The SMILES string of the molecule is CC1CC2C3CCC4=CC(=O)C=CC4(C)C3(F)C(O)CC2(C)C1(O)C(=O)COC(=O)NCCCCCCOC(=O)NCCCNCCCCN. The molecule has 0 bridgehead atoms. The van der Waals surface area contributed by atoms with Gasteiger partial charge in [0.25, 0.3) is 0 Å². The molecule has 0 aromatic rings. The van der Waals surface area contributed by atoms with Crippen molar-refractivity contribution in [2.24, 2.45) is 34.3 Å². The van der Waals surface area contributed by atoms with Crippen molar-refractivity contribution in [1.82, 2.24) is 16.0 Å². The van der Waals surface area contributed by atoms with Gasteiger partial charge in [0.15, 0.2) is 18.1 Å². The second-order valence-electron chi connectivity index (χ2n) is 15.2. The standard InChI is InChI=1S/C37H59FN4O8/c1-25-21-29-28-12-11-26-22-27(43)13-14-34(26,2)36(28,38)30(44)23-35(29,3)37(25,48)31(45)24-50-33(47)41-18-7-4-5-9-20-49-32(46)42-19-10-17-40-16-8-6-15-39/h13-14,22,25,28-30,40,44,48H,4-12,15-21,23-24,39H2,1-3H3,(H,41,47)(H,42,46). The summed E-state index contributed by atoms with van der Waals surface area (Å²) >= 11 is 0. The van der Waals surface area contributed by atoms with Gasteiger partial charge in [-0.25, -0.2) is 14.0 Å². The molecule has 4 aliphatic carbocycles. The van der Waals surface area contributed by atoms with E-state index >= 15 is 4.39 Å². The molecule has 3 saturated carbocycles. The molecule has 0 radical (unpaired) electrons. The van der Waals surface area contributed by atoms with Crippen LogP contribution in [0.2, 0.25) is 0 Å². The van der Waals surface area contributed by atoms with E-state index in [0.717, 1.165) is 45.2 Å². The summed E-state index contributed by atoms with van der Waals surface area (Å²) in [5, 5.41) is 32.2. The Morgan fingerprint density at radius 3 is 2.36 bits per heavy atom. The number of halogens is 1. The number of carbonyl (C=O) groups is 4. The Morgan fingerprint density at radius 1 is 0.960 bits per heavy atom. The molecule has 4 aliphatic rings. The molecule has 0 saturated heterocycles. The van der Waals surface area contributed by atoms with Gasteiger partial charge in [-0.1, -0.05) is 31.9 Å². The summed E-state index contributed by atoms with van der Waals surface area (Å²) in [6, 6.07) is 0. The van der Waals surface area contributed by atoms with Crippen molar-refractivity contribution >= 4 is 23.8 Å². The van der Waals surface area contributed by atoms with E-state index in [2.05, 4.69) is 16.0 Å². The van der Waals surface area contributed by atoms with E-state index in [-0.39, 0.29) is 12.2 Å². The first kappa shape index (κ1) is 39.9. The highest BCUT2D eigenvalue weighted by Gasteiger charge is 2.75. The number of hydrogen-bond donors (Lipinski definition) is 6. The maximum Gasteiger partial charge on any atom is 0.407 e. The normalized spacial score (nSPS) is 34.2. The van der Waals surface area contributed by atoms with Crippen molar-refractivity contribution in [1.29, 1.82) is 0 Å². The topological polar surface area (TPSA) is 189 Å². The molecule has 7 N–H and O–H groups in total. The Labute approximate surface area is 295 Å². The first-order valence-corrected chi connectivity index (χ1v) is 18.5. The number of alkyl halides is 1. The number of fused-ring (bicyclic) bond motifs is 5. The van der Waals surface area contributed by atoms with Gasteiger partial charge in [-0.2, -0.15) is 0 Å². The molecule has 3 fully saturated rings. The number of unbranched alkanes of at least 4 members (excludes halogenated alkanes) is 4. The minimum Gasteiger partial charge on any atom is -0.450 e. The molecule has 2 amide bonds. The first-order chi connectivity index (χ1) is 23.8. The molecule has 0 aromatic heterocycles. The first-order valence-electron chi connectivity index (χ1n) is 18.5. The number of ether oxygens (including phenoxy) is 2. The quantitative estimate of drug-likeness (QED) is 0.115. The van der Waals surface area contributed by atoms with Gasteiger partial charge >= 0.3 is 12.2 Å². The van der Waals surface area contributed by atoms with Crippen LogP contribution >= 0.6 is 0 Å². The van der Waals surface area contributed by atoms with Gasteiger partial charge in [0, 0.05) is 29.8 Å². The largest absolute Gasteiger partial charge is 0.450 e. The number of aliphatic hydroxyl groups excluding tert-OH is 1. The lowest BCUT2D eigenvalue weighted by Crippen LogP contribution is -2.69. The zero-order valence-electron chi connectivity index (χ0n) is 30.1. The fraction of sp³-hybridized carbons (Fsp3) is 0.784. The Balaban J connectivity index is 1.15. The van der Waals surface area contributed by atoms with Crippen LogP contribution in [-0.2, 0) is 19.1 Å². The average Bonchev–Trinajstić information content (AvgIpc) is 3.28. The average molecular weight is 707 g/mol. The van der Waals surface area contributed by atoms with E-state index in [1.54, 1.807) is 26.8 Å². The van der Waals surface area contributed by atoms with Gasteiger partial charge in [0.05, 0.1) is 12.7 Å². The Bertz CT molecular complexity index is 1300. The fourth-order valence-electron chi connectivity index (χ4n) is 9.34. The number of allylic oxidation sites excluding steroid dienone is 4. The number of nitrogens with two attached hydrogens (primary N) is 1. The molecular weight excluding hydrogens is 647 g/mol. The highest BCUT2D eigenvalue weighted by atomic mass is 19.1. The number of amides is 2. The number of Topliss-reactive ketones (excluding diaryl/α,β-unsaturated/α-hetero) is 1. The van der Waals surface area contributed by atoms with Crippen molar-refractivity contribution in [2.75, 3.05) is 45.9 Å². The van der Waals surface area contributed by atoms with Crippen LogP contribution in [0.4, 0.5) is 14.0 Å². The molecule has 13 heteroatoms. The second-order valence-corrected chi connectivity index (χ2v) is 15.2. The van der Waals surface area contributed by atoms with E-state index in [9.17, 15) is 29.4 Å². The zero-order chi connectivity index (χ0) is 36.6. The molecule has 4 rings (SSSR count). The van der Waals surface area contributed by atoms with Crippen LogP contribution in [0.25, 0.3) is 0 Å². The summed E-state index contributed by atoms with van der Waals surface area (Å²) in [7, 11) is 0. The Hall–Kier alpha value is -2.87. The predicted molar refractivity (Wildman–Crippen MR) is 186 cm³/mol. The third-order valence-electron chi connectivity index (χ3n) is 12.2. The number of rotatable bonds is 18. The van der Waals surface area contributed by atoms with Crippen molar-refractivity contribution in [3.8, 4) is 0 Å². The number of hydrogen-bond acceptors (Lipinski definition) is 10. The molecule has 0 spiro atoms. The number of carbonyl (C=O) groups excluding carboxylic acids is 4. The fourth-order valence-corrected chi connectivity index (χ4v) is 9.34. The highest BCUT2D eigenvalue weighted by molar-refractivity contribution is 6.01. The minimum atomic E-state index is -2.06. The van der Waals surface area contributed by atoms with Gasteiger partial charge in [-0.05, 0) is 115 Å². The van der Waals surface area contributed by atoms with Crippen molar-refractivity contribution in [2.45, 2.75) is 109 Å². The third kappa shape index (κ3) is 7.95. The lowest BCUT2D eigenvalue weighted by molar-refractivity contribution is -0.219. The Morgan fingerprint density at radius 2 is 1.62 bits per heavy atom. The van der Waals surface area contributed by atoms with Crippen LogP contribution in [-0.4, -0.2) is 97.3 Å². The van der Waals surface area contributed by atoms with Crippen molar-refractivity contribution < 1.29 is 43.3 Å². The predicted octanol–water partition coefficient (Wildman–Crippen LogP) is 3.63. The number of ketones is 2. The maximum atomic E-state index is 17.3. The summed E-state index contributed by atoms with van der Waals surface area (Å²) in [6.07, 6.45) is 8.67. The van der Waals surface area contributed by atoms with E-state index in [1.165, 1.54) is 12.2 Å². The molecule has 12 nitrogen and oxygen atoms in total. The lowest BCUT2D eigenvalue weighted by Gasteiger charge is -2.62. The van der Waals surface area contributed by atoms with Gasteiger partial charge in [-0.3, -0.25) is 9.59 Å². The molecule has 8 unspecified atom stereocenters. The molecular formula is C37H59FN4O8. The summed E-state index contributed by atoms with van der Waals surface area (Å²) in [5.41, 5.74) is -0.150. The van der Waals surface area contributed by atoms with Gasteiger partial charge in [0.1, 0.15) is 5.60 Å². The van der Waals surface area contributed by atoms with E-state index < -0.39 is 70.5 Å². The van der Waals surface area contributed by atoms with Gasteiger partial charge < -0.3 is 41.4 Å². The molecule has 0 aliphatic heterocycles. The molecule has 0 aromatic carbocycles. The summed E-state index contributed by atoms with van der Waals surface area (Å²) in [6.45, 7) is 8.21. The summed E-state index contributed by atoms with van der Waals surface area (Å²) in [4.78, 5) is 49.9. The van der Waals surface area contributed by atoms with Crippen LogP contribution in [0, 0.1) is 28.6 Å². The lowest BCUT2D eigenvalue weighted by atomic mass is 9.44. The summed E-state index contributed by atoms with van der Waals surface area (Å²) in [5.74, 6) is -2.44. The molecule has 8 atom stereocenters.